The molecule has 0 radical (unpaired) electrons. The number of hydrogen-bond donors (Lipinski definition) is 1. The Morgan fingerprint density at radius 1 is 0.966 bits per heavy atom. The fraction of sp³-hybridized carbons (Fsp3) is 0.0476. The lowest BCUT2D eigenvalue weighted by Crippen LogP contribution is -2.22. The van der Waals surface area contributed by atoms with Gasteiger partial charge in [0.15, 0.2) is 11.5 Å². The van der Waals surface area contributed by atoms with E-state index in [0.717, 1.165) is 22.8 Å². The summed E-state index contributed by atoms with van der Waals surface area (Å²) in [6.45, 7) is 0.0962. The van der Waals surface area contributed by atoms with Crippen molar-refractivity contribution in [3.8, 4) is 22.5 Å². The molecule has 4 aromatic rings. The van der Waals surface area contributed by atoms with Crippen LogP contribution < -0.4 is 5.32 Å². The standard InChI is InChI=1S/C21H15N3O5/c25-21(18-10-11-20(28-18)24(26)27)22-13-17-12-19(29-23-17)16-8-6-15(7-9-16)14-4-2-1-3-5-14/h1-12H,13H2,(H,22,25). The van der Waals surface area contributed by atoms with Crippen molar-refractivity contribution < 1.29 is 18.7 Å². The van der Waals surface area contributed by atoms with Crippen LogP contribution in [0.3, 0.4) is 0 Å². The zero-order chi connectivity index (χ0) is 20.2. The number of nitrogens with one attached hydrogen (secondary N) is 1. The third-order valence-electron chi connectivity index (χ3n) is 4.26. The van der Waals surface area contributed by atoms with E-state index in [1.807, 2.05) is 54.6 Å². The zero-order valence-electron chi connectivity index (χ0n) is 15.1. The van der Waals surface area contributed by atoms with E-state index in [9.17, 15) is 14.9 Å². The third kappa shape index (κ3) is 4.06. The van der Waals surface area contributed by atoms with Gasteiger partial charge in [0.05, 0.1) is 12.6 Å². The number of benzene rings is 2. The molecule has 29 heavy (non-hydrogen) atoms. The van der Waals surface area contributed by atoms with E-state index in [1.165, 1.54) is 6.07 Å². The maximum Gasteiger partial charge on any atom is 0.433 e. The van der Waals surface area contributed by atoms with Gasteiger partial charge in [-0.25, -0.2) is 0 Å². The lowest BCUT2D eigenvalue weighted by Gasteiger charge is -2.02. The van der Waals surface area contributed by atoms with Crippen LogP contribution in [0.5, 0.6) is 0 Å². The second-order valence-corrected chi connectivity index (χ2v) is 6.20. The highest BCUT2D eigenvalue weighted by Crippen LogP contribution is 2.25. The van der Waals surface area contributed by atoms with E-state index in [2.05, 4.69) is 10.5 Å². The number of rotatable bonds is 6. The van der Waals surface area contributed by atoms with Crippen LogP contribution in [0.2, 0.25) is 0 Å². The summed E-state index contributed by atoms with van der Waals surface area (Å²) in [5.41, 5.74) is 3.59. The highest BCUT2D eigenvalue weighted by molar-refractivity contribution is 5.91. The maximum atomic E-state index is 12.0. The summed E-state index contributed by atoms with van der Waals surface area (Å²) in [5.74, 6) is -0.632. The summed E-state index contributed by atoms with van der Waals surface area (Å²) in [7, 11) is 0. The molecule has 0 aliphatic rings. The Bertz CT molecular complexity index is 1150. The topological polar surface area (TPSA) is 111 Å². The molecule has 144 valence electrons. The highest BCUT2D eigenvalue weighted by atomic mass is 16.6. The molecule has 0 saturated heterocycles. The van der Waals surface area contributed by atoms with Crippen LogP contribution in [0, 0.1) is 10.1 Å². The van der Waals surface area contributed by atoms with Gasteiger partial charge in [-0.15, -0.1) is 0 Å². The van der Waals surface area contributed by atoms with Gasteiger partial charge in [-0.2, -0.15) is 0 Å². The SMILES string of the molecule is O=C(NCc1cc(-c2ccc(-c3ccccc3)cc2)on1)c1ccc([N+](=O)[O-])o1. The van der Waals surface area contributed by atoms with Gasteiger partial charge in [-0.3, -0.25) is 14.9 Å². The van der Waals surface area contributed by atoms with E-state index >= 15 is 0 Å². The number of hydrogen-bond acceptors (Lipinski definition) is 6. The summed E-state index contributed by atoms with van der Waals surface area (Å²) < 4.78 is 10.2. The smallest absolute Gasteiger partial charge is 0.395 e. The molecule has 0 unspecified atom stereocenters. The molecule has 0 spiro atoms. The van der Waals surface area contributed by atoms with Crippen LogP contribution in [-0.2, 0) is 6.54 Å². The molecule has 2 aromatic heterocycles. The number of amides is 1. The molecule has 1 N–H and O–H groups in total. The number of nitrogens with zero attached hydrogens (tertiary/aromatic N) is 2. The summed E-state index contributed by atoms with van der Waals surface area (Å²) >= 11 is 0. The third-order valence-corrected chi connectivity index (χ3v) is 4.26. The average Bonchev–Trinajstić information content (AvgIpc) is 3.43. The first-order chi connectivity index (χ1) is 14.1. The van der Waals surface area contributed by atoms with E-state index in [0.29, 0.717) is 11.5 Å². The second-order valence-electron chi connectivity index (χ2n) is 6.20. The number of furan rings is 1. The summed E-state index contributed by atoms with van der Waals surface area (Å²) in [6.07, 6.45) is 0. The molecule has 0 bridgehead atoms. The second kappa shape index (κ2) is 7.81. The minimum atomic E-state index is -0.705. The fourth-order valence-electron chi connectivity index (χ4n) is 2.79. The number of nitro groups is 1. The van der Waals surface area contributed by atoms with Crippen LogP contribution in [-0.4, -0.2) is 16.0 Å². The minimum absolute atomic E-state index is 0.0962. The molecule has 0 saturated carbocycles. The molecule has 0 aliphatic heterocycles. The van der Waals surface area contributed by atoms with Crippen molar-refractivity contribution in [2.45, 2.75) is 6.54 Å². The van der Waals surface area contributed by atoms with Gasteiger partial charge in [0.25, 0.3) is 5.91 Å². The average molecular weight is 389 g/mol. The predicted octanol–water partition coefficient (Wildman–Crippen LogP) is 4.44. The van der Waals surface area contributed by atoms with Crippen molar-refractivity contribution in [3.05, 3.63) is 94.4 Å². The molecule has 1 amide bonds. The van der Waals surface area contributed by atoms with E-state index < -0.39 is 16.7 Å². The molecule has 0 aliphatic carbocycles. The number of aromatic nitrogens is 1. The van der Waals surface area contributed by atoms with Crippen molar-refractivity contribution in [3.63, 3.8) is 0 Å². The Morgan fingerprint density at radius 2 is 1.66 bits per heavy atom. The van der Waals surface area contributed by atoms with Crippen molar-refractivity contribution in [2.75, 3.05) is 0 Å². The fourth-order valence-corrected chi connectivity index (χ4v) is 2.79. The van der Waals surface area contributed by atoms with Crippen molar-refractivity contribution in [2.24, 2.45) is 0 Å². The van der Waals surface area contributed by atoms with Gasteiger partial charge in [0, 0.05) is 11.6 Å². The van der Waals surface area contributed by atoms with Crippen LogP contribution >= 0.6 is 0 Å². The Hall–Kier alpha value is -4.20. The molecular formula is C21H15N3O5. The monoisotopic (exact) mass is 389 g/mol. The van der Waals surface area contributed by atoms with E-state index in [1.54, 1.807) is 6.07 Å². The number of carbonyl (C=O) groups is 1. The molecular weight excluding hydrogens is 374 g/mol. The highest BCUT2D eigenvalue weighted by Gasteiger charge is 2.17. The Kier molecular flexibility index (Phi) is 4.90. The predicted molar refractivity (Wildman–Crippen MR) is 104 cm³/mol. The Labute approximate surface area is 164 Å². The molecule has 0 atom stereocenters. The summed E-state index contributed by atoms with van der Waals surface area (Å²) in [5, 5.41) is 17.1. The van der Waals surface area contributed by atoms with Gasteiger partial charge in [0.2, 0.25) is 0 Å². The van der Waals surface area contributed by atoms with Crippen LogP contribution in [0.15, 0.2) is 81.7 Å². The Balaban J connectivity index is 1.40. The van der Waals surface area contributed by atoms with E-state index in [-0.39, 0.29) is 12.3 Å². The lowest BCUT2D eigenvalue weighted by atomic mass is 10.0. The first-order valence-corrected chi connectivity index (χ1v) is 8.74. The van der Waals surface area contributed by atoms with Gasteiger partial charge >= 0.3 is 5.88 Å². The van der Waals surface area contributed by atoms with Gasteiger partial charge in [-0.1, -0.05) is 59.8 Å². The van der Waals surface area contributed by atoms with Gasteiger partial charge in [0.1, 0.15) is 10.6 Å². The number of carbonyl (C=O) groups excluding carboxylic acids is 1. The largest absolute Gasteiger partial charge is 0.433 e. The quantitative estimate of drug-likeness (QED) is 0.385. The minimum Gasteiger partial charge on any atom is -0.395 e. The molecule has 0 fully saturated rings. The van der Waals surface area contributed by atoms with E-state index in [4.69, 9.17) is 8.94 Å². The summed E-state index contributed by atoms with van der Waals surface area (Å²) in [6, 6.07) is 22.0. The summed E-state index contributed by atoms with van der Waals surface area (Å²) in [4.78, 5) is 21.9. The molecule has 2 heterocycles. The normalized spacial score (nSPS) is 10.6. The van der Waals surface area contributed by atoms with Crippen molar-refractivity contribution in [1.29, 1.82) is 0 Å². The molecule has 2 aromatic carbocycles. The van der Waals surface area contributed by atoms with Gasteiger partial charge < -0.3 is 14.3 Å². The maximum absolute atomic E-state index is 12.0. The molecule has 4 rings (SSSR count). The van der Waals surface area contributed by atoms with Crippen LogP contribution in [0.4, 0.5) is 5.88 Å². The van der Waals surface area contributed by atoms with Crippen molar-refractivity contribution >= 4 is 11.8 Å². The first kappa shape index (κ1) is 18.2. The van der Waals surface area contributed by atoms with Gasteiger partial charge in [-0.05, 0) is 17.2 Å². The molecule has 8 nitrogen and oxygen atoms in total. The molecule has 8 heteroatoms. The van der Waals surface area contributed by atoms with Crippen LogP contribution in [0.25, 0.3) is 22.5 Å². The lowest BCUT2D eigenvalue weighted by molar-refractivity contribution is -0.402. The van der Waals surface area contributed by atoms with Crippen LogP contribution in [0.1, 0.15) is 16.2 Å². The first-order valence-electron chi connectivity index (χ1n) is 8.74. The van der Waals surface area contributed by atoms with Crippen molar-refractivity contribution in [1.82, 2.24) is 10.5 Å². The zero-order valence-corrected chi connectivity index (χ0v) is 15.1. The Morgan fingerprint density at radius 3 is 2.34 bits per heavy atom.